The quantitative estimate of drug-likeness (QED) is 0.316. The zero-order chi connectivity index (χ0) is 18.0. The van der Waals surface area contributed by atoms with Crippen LogP contribution in [0.2, 0.25) is 0 Å². The average Bonchev–Trinajstić information content (AvgIpc) is 3.24. The molecule has 0 fully saturated rings. The minimum absolute atomic E-state index is 0.934. The van der Waals surface area contributed by atoms with E-state index in [1.165, 1.54) is 43.7 Å². The highest BCUT2D eigenvalue weighted by molar-refractivity contribution is 6.26. The largest absolute Gasteiger partial charge is 0.456 e. The third kappa shape index (κ3) is 1.90. The first-order valence-corrected chi connectivity index (χ1v) is 9.20. The molecule has 0 atom stereocenters. The molecule has 128 valence electrons. The van der Waals surface area contributed by atoms with Gasteiger partial charge in [-0.2, -0.15) is 0 Å². The maximum absolute atomic E-state index is 6.26. The highest BCUT2D eigenvalue weighted by Gasteiger charge is 2.18. The van der Waals surface area contributed by atoms with E-state index in [2.05, 4.69) is 96.5 Å². The van der Waals surface area contributed by atoms with Gasteiger partial charge in [0, 0.05) is 28.7 Å². The molecule has 6 aromatic rings. The van der Waals surface area contributed by atoms with Crippen LogP contribution in [0, 0.1) is 0 Å². The second kappa shape index (κ2) is 5.24. The number of hydrogen-bond donors (Lipinski definition) is 0. The van der Waals surface area contributed by atoms with Crippen LogP contribution < -0.4 is 0 Å². The second-order valence-corrected chi connectivity index (χ2v) is 7.06. The van der Waals surface area contributed by atoms with Gasteiger partial charge < -0.3 is 8.98 Å². The van der Waals surface area contributed by atoms with E-state index in [9.17, 15) is 0 Å². The Kier molecular flexibility index (Phi) is 2.84. The average molecular weight is 347 g/mol. The molecule has 2 aromatic heterocycles. The van der Waals surface area contributed by atoms with Gasteiger partial charge in [-0.25, -0.2) is 0 Å². The molecule has 0 aliphatic carbocycles. The predicted octanol–water partition coefficient (Wildman–Crippen LogP) is 6.90. The Morgan fingerprint density at radius 1 is 0.630 bits per heavy atom. The molecule has 2 heteroatoms. The molecule has 0 amide bonds. The van der Waals surface area contributed by atoms with Crippen LogP contribution in [0.25, 0.3) is 54.9 Å². The van der Waals surface area contributed by atoms with Gasteiger partial charge in [-0.05, 0) is 35.4 Å². The van der Waals surface area contributed by atoms with Crippen molar-refractivity contribution in [3.63, 3.8) is 0 Å². The normalized spacial score (nSPS) is 11.9. The summed E-state index contributed by atoms with van der Waals surface area (Å²) in [7, 11) is 2.15. The third-order valence-corrected chi connectivity index (χ3v) is 5.61. The van der Waals surface area contributed by atoms with E-state index in [4.69, 9.17) is 4.42 Å². The van der Waals surface area contributed by atoms with E-state index in [1.807, 2.05) is 0 Å². The van der Waals surface area contributed by atoms with Gasteiger partial charge in [-0.3, -0.25) is 0 Å². The van der Waals surface area contributed by atoms with Crippen molar-refractivity contribution >= 4 is 43.7 Å². The molecule has 0 radical (unpaired) electrons. The molecule has 0 unspecified atom stereocenters. The van der Waals surface area contributed by atoms with Crippen LogP contribution in [0.5, 0.6) is 0 Å². The minimum atomic E-state index is 0.934. The Morgan fingerprint density at radius 3 is 2.30 bits per heavy atom. The molecule has 2 nitrogen and oxygen atoms in total. The van der Waals surface area contributed by atoms with Gasteiger partial charge in [-0.1, -0.05) is 60.7 Å². The first-order chi connectivity index (χ1) is 13.3. The van der Waals surface area contributed by atoms with Crippen LogP contribution in [-0.4, -0.2) is 4.57 Å². The van der Waals surface area contributed by atoms with Gasteiger partial charge in [0.2, 0.25) is 0 Å². The van der Waals surface area contributed by atoms with Gasteiger partial charge in [0.05, 0.1) is 10.9 Å². The number of nitrogens with zero attached hydrogens (tertiary/aromatic N) is 1. The number of furan rings is 1. The van der Waals surface area contributed by atoms with E-state index in [1.54, 1.807) is 0 Å². The summed E-state index contributed by atoms with van der Waals surface area (Å²) in [5.74, 6) is 0. The minimum Gasteiger partial charge on any atom is -0.456 e. The van der Waals surface area contributed by atoms with Crippen molar-refractivity contribution in [3.05, 3.63) is 84.9 Å². The standard InChI is InChI=1S/C25H17NO/c1-26-20-12-6-5-10-18(20)19-14-15-22-24(25(19)26)23-17(11-7-13-21(23)27-22)16-8-3-2-4-9-16/h2-15H,1H3. The zero-order valence-electron chi connectivity index (χ0n) is 14.9. The molecule has 6 rings (SSSR count). The Morgan fingerprint density at radius 2 is 1.41 bits per heavy atom. The van der Waals surface area contributed by atoms with Crippen LogP contribution in [0.15, 0.2) is 89.3 Å². The fourth-order valence-electron chi connectivity index (χ4n) is 4.43. The molecule has 0 saturated carbocycles. The number of para-hydroxylation sites is 1. The summed E-state index contributed by atoms with van der Waals surface area (Å²) in [5, 5.41) is 4.94. The summed E-state index contributed by atoms with van der Waals surface area (Å²) in [6.45, 7) is 0. The van der Waals surface area contributed by atoms with Crippen molar-refractivity contribution in [1.29, 1.82) is 0 Å². The maximum atomic E-state index is 6.26. The Balaban J connectivity index is 1.89. The van der Waals surface area contributed by atoms with E-state index < -0.39 is 0 Å². The fourth-order valence-corrected chi connectivity index (χ4v) is 4.43. The lowest BCUT2D eigenvalue weighted by Gasteiger charge is -2.05. The fraction of sp³-hybridized carbons (Fsp3) is 0.0400. The number of aromatic nitrogens is 1. The number of aryl methyl sites for hydroxylation is 1. The van der Waals surface area contributed by atoms with Gasteiger partial charge in [0.15, 0.2) is 0 Å². The molecule has 0 aliphatic heterocycles. The Bertz CT molecular complexity index is 1470. The zero-order valence-corrected chi connectivity index (χ0v) is 14.9. The summed E-state index contributed by atoms with van der Waals surface area (Å²) >= 11 is 0. The lowest BCUT2D eigenvalue weighted by atomic mass is 9.98. The highest BCUT2D eigenvalue weighted by Crippen LogP contribution is 2.42. The van der Waals surface area contributed by atoms with Crippen LogP contribution in [0.4, 0.5) is 0 Å². The molecule has 0 spiro atoms. The lowest BCUT2D eigenvalue weighted by molar-refractivity contribution is 0.669. The van der Waals surface area contributed by atoms with Gasteiger partial charge in [-0.15, -0.1) is 0 Å². The number of fused-ring (bicyclic) bond motifs is 7. The summed E-state index contributed by atoms with van der Waals surface area (Å²) in [4.78, 5) is 0. The molecule has 0 saturated heterocycles. The topological polar surface area (TPSA) is 18.1 Å². The molecule has 4 aromatic carbocycles. The maximum Gasteiger partial charge on any atom is 0.137 e. The monoisotopic (exact) mass is 347 g/mol. The van der Waals surface area contributed by atoms with Gasteiger partial charge in [0.1, 0.15) is 11.2 Å². The predicted molar refractivity (Wildman–Crippen MR) is 113 cm³/mol. The number of benzene rings is 4. The van der Waals surface area contributed by atoms with Crippen molar-refractivity contribution in [3.8, 4) is 11.1 Å². The summed E-state index contributed by atoms with van der Waals surface area (Å²) < 4.78 is 8.56. The highest BCUT2D eigenvalue weighted by atomic mass is 16.3. The SMILES string of the molecule is Cn1c2ccccc2c2ccc3oc4cccc(-c5ccccc5)c4c3c21. The van der Waals surface area contributed by atoms with E-state index >= 15 is 0 Å². The van der Waals surface area contributed by atoms with Gasteiger partial charge >= 0.3 is 0 Å². The van der Waals surface area contributed by atoms with Crippen LogP contribution >= 0.6 is 0 Å². The molecule has 0 N–H and O–H groups in total. The van der Waals surface area contributed by atoms with E-state index in [0.717, 1.165) is 11.2 Å². The van der Waals surface area contributed by atoms with Crippen molar-refractivity contribution in [1.82, 2.24) is 4.57 Å². The number of rotatable bonds is 1. The van der Waals surface area contributed by atoms with E-state index in [0.29, 0.717) is 0 Å². The second-order valence-electron chi connectivity index (χ2n) is 7.06. The van der Waals surface area contributed by atoms with Crippen molar-refractivity contribution in [2.75, 3.05) is 0 Å². The van der Waals surface area contributed by atoms with Gasteiger partial charge in [0.25, 0.3) is 0 Å². The number of hydrogen-bond acceptors (Lipinski definition) is 1. The van der Waals surface area contributed by atoms with Crippen molar-refractivity contribution in [2.45, 2.75) is 0 Å². The molecular weight excluding hydrogens is 330 g/mol. The molecule has 27 heavy (non-hydrogen) atoms. The Hall–Kier alpha value is -3.52. The van der Waals surface area contributed by atoms with Crippen LogP contribution in [0.3, 0.4) is 0 Å². The van der Waals surface area contributed by atoms with Crippen molar-refractivity contribution < 1.29 is 4.42 Å². The van der Waals surface area contributed by atoms with Crippen molar-refractivity contribution in [2.24, 2.45) is 7.05 Å². The van der Waals surface area contributed by atoms with Crippen LogP contribution in [0.1, 0.15) is 0 Å². The summed E-state index contributed by atoms with van der Waals surface area (Å²) in [6.07, 6.45) is 0. The Labute approximate surface area is 156 Å². The lowest BCUT2D eigenvalue weighted by Crippen LogP contribution is -1.87. The summed E-state index contributed by atoms with van der Waals surface area (Å²) in [5.41, 5.74) is 6.77. The third-order valence-electron chi connectivity index (χ3n) is 5.61. The smallest absolute Gasteiger partial charge is 0.137 e. The van der Waals surface area contributed by atoms with E-state index in [-0.39, 0.29) is 0 Å². The first kappa shape index (κ1) is 14.6. The molecule has 2 heterocycles. The molecular formula is C25H17NO. The molecule has 0 aliphatic rings. The van der Waals surface area contributed by atoms with Crippen LogP contribution in [-0.2, 0) is 7.05 Å². The molecule has 0 bridgehead atoms. The first-order valence-electron chi connectivity index (χ1n) is 9.20. The summed E-state index contributed by atoms with van der Waals surface area (Å²) in [6, 6.07) is 29.8.